The summed E-state index contributed by atoms with van der Waals surface area (Å²) in [5.74, 6) is -1.35. The van der Waals surface area contributed by atoms with Crippen molar-refractivity contribution in [1.82, 2.24) is 5.32 Å². The van der Waals surface area contributed by atoms with Gasteiger partial charge in [0.15, 0.2) is 5.17 Å². The molecule has 8 heteroatoms. The zero-order valence-electron chi connectivity index (χ0n) is 9.99. The number of carboxylic acid groups (broad SMARTS) is 1. The Morgan fingerprint density at radius 2 is 2.42 bits per heavy atom. The first kappa shape index (κ1) is 13.8. The minimum atomic E-state index is -1.01. The van der Waals surface area contributed by atoms with Crippen LogP contribution in [0.2, 0.25) is 0 Å². The largest absolute Gasteiger partial charge is 0.481 e. The third-order valence-electron chi connectivity index (χ3n) is 2.36. The van der Waals surface area contributed by atoms with Crippen molar-refractivity contribution in [3.63, 3.8) is 0 Å². The topological polar surface area (TPSA) is 91.1 Å². The van der Waals surface area contributed by atoms with Crippen LogP contribution in [-0.2, 0) is 9.59 Å². The molecule has 0 saturated carbocycles. The molecule has 0 bridgehead atoms. The first-order valence-electron chi connectivity index (χ1n) is 5.40. The Bertz CT molecular complexity index is 565. The van der Waals surface area contributed by atoms with Crippen LogP contribution in [0.25, 0.3) is 0 Å². The van der Waals surface area contributed by atoms with E-state index in [2.05, 4.69) is 15.5 Å². The first-order valence-corrected chi connectivity index (χ1v) is 7.16. The summed E-state index contributed by atoms with van der Waals surface area (Å²) < 4.78 is 0. The van der Waals surface area contributed by atoms with Crippen molar-refractivity contribution in [2.45, 2.75) is 18.6 Å². The molecule has 1 aliphatic rings. The van der Waals surface area contributed by atoms with Gasteiger partial charge >= 0.3 is 5.97 Å². The van der Waals surface area contributed by atoms with Crippen LogP contribution in [-0.4, -0.2) is 33.6 Å². The molecule has 2 heterocycles. The van der Waals surface area contributed by atoms with E-state index in [0.717, 1.165) is 22.2 Å². The number of amidine groups is 1. The summed E-state index contributed by atoms with van der Waals surface area (Å²) >= 11 is 2.64. The van der Waals surface area contributed by atoms with Crippen molar-refractivity contribution in [1.29, 1.82) is 0 Å². The Hall–Kier alpha value is -1.67. The van der Waals surface area contributed by atoms with Crippen molar-refractivity contribution in [2.24, 2.45) is 10.2 Å². The van der Waals surface area contributed by atoms with Crippen LogP contribution in [0.5, 0.6) is 0 Å². The van der Waals surface area contributed by atoms with Crippen LogP contribution in [0.3, 0.4) is 0 Å². The Balaban J connectivity index is 1.98. The molecule has 2 rings (SSSR count). The van der Waals surface area contributed by atoms with E-state index >= 15 is 0 Å². The van der Waals surface area contributed by atoms with E-state index in [-0.39, 0.29) is 12.3 Å². The Labute approximate surface area is 117 Å². The molecule has 19 heavy (non-hydrogen) atoms. The number of nitrogens with one attached hydrogen (secondary N) is 1. The van der Waals surface area contributed by atoms with Gasteiger partial charge in [0, 0.05) is 0 Å². The van der Waals surface area contributed by atoms with E-state index in [0.29, 0.717) is 5.17 Å². The highest BCUT2D eigenvalue weighted by molar-refractivity contribution is 8.15. The maximum atomic E-state index is 11.4. The highest BCUT2D eigenvalue weighted by atomic mass is 32.2. The molecule has 100 valence electrons. The van der Waals surface area contributed by atoms with Gasteiger partial charge < -0.3 is 10.4 Å². The molecular formula is C11H11N3O3S2. The smallest absolute Gasteiger partial charge is 0.305 e. The molecule has 1 aromatic heterocycles. The van der Waals surface area contributed by atoms with Crippen LogP contribution in [0.15, 0.2) is 21.6 Å². The predicted octanol–water partition coefficient (Wildman–Crippen LogP) is 1.45. The van der Waals surface area contributed by atoms with E-state index < -0.39 is 11.2 Å². The van der Waals surface area contributed by atoms with Gasteiger partial charge in [0.1, 0.15) is 5.25 Å². The summed E-state index contributed by atoms with van der Waals surface area (Å²) in [6.45, 7) is 1.97. The third kappa shape index (κ3) is 3.65. The SMILES string of the molecule is Cc1ccsc1C=NN=C1NC(=O)C(CC(=O)O)S1. The molecule has 2 N–H and O–H groups in total. The number of hydrogen-bond donors (Lipinski definition) is 2. The lowest BCUT2D eigenvalue weighted by Crippen LogP contribution is -2.26. The van der Waals surface area contributed by atoms with E-state index in [1.165, 1.54) is 0 Å². The van der Waals surface area contributed by atoms with Crippen molar-refractivity contribution >= 4 is 46.4 Å². The van der Waals surface area contributed by atoms with Gasteiger partial charge in [-0.3, -0.25) is 9.59 Å². The van der Waals surface area contributed by atoms with Gasteiger partial charge in [0.2, 0.25) is 5.91 Å². The molecule has 1 aromatic rings. The average molecular weight is 297 g/mol. The van der Waals surface area contributed by atoms with Gasteiger partial charge in [-0.1, -0.05) is 11.8 Å². The average Bonchev–Trinajstić information content (AvgIpc) is 2.87. The number of thioether (sulfide) groups is 1. The summed E-state index contributed by atoms with van der Waals surface area (Å²) in [6.07, 6.45) is 1.40. The van der Waals surface area contributed by atoms with Gasteiger partial charge in [0.25, 0.3) is 0 Å². The van der Waals surface area contributed by atoms with Gasteiger partial charge in [-0.25, -0.2) is 0 Å². The number of carbonyl (C=O) groups excluding carboxylic acids is 1. The fraction of sp³-hybridized carbons (Fsp3) is 0.273. The molecule has 6 nitrogen and oxygen atoms in total. The lowest BCUT2D eigenvalue weighted by Gasteiger charge is -1.97. The van der Waals surface area contributed by atoms with E-state index in [1.807, 2.05) is 18.4 Å². The maximum Gasteiger partial charge on any atom is 0.305 e. The van der Waals surface area contributed by atoms with Crippen molar-refractivity contribution < 1.29 is 14.7 Å². The molecule has 1 amide bonds. The number of rotatable bonds is 4. The number of carboxylic acids is 1. The van der Waals surface area contributed by atoms with Gasteiger partial charge in [-0.15, -0.1) is 16.4 Å². The predicted molar refractivity (Wildman–Crippen MR) is 75.9 cm³/mol. The lowest BCUT2D eigenvalue weighted by molar-refractivity contribution is -0.138. The van der Waals surface area contributed by atoms with E-state index in [9.17, 15) is 9.59 Å². The maximum absolute atomic E-state index is 11.4. The van der Waals surface area contributed by atoms with Crippen molar-refractivity contribution in [2.75, 3.05) is 0 Å². The lowest BCUT2D eigenvalue weighted by atomic mass is 10.3. The zero-order valence-corrected chi connectivity index (χ0v) is 11.6. The molecule has 0 radical (unpaired) electrons. The fourth-order valence-electron chi connectivity index (χ4n) is 1.40. The first-order chi connectivity index (χ1) is 9.06. The van der Waals surface area contributed by atoms with Crippen LogP contribution in [0.4, 0.5) is 0 Å². The minimum Gasteiger partial charge on any atom is -0.481 e. The Kier molecular flexibility index (Phi) is 4.33. The number of nitrogens with zero attached hydrogens (tertiary/aromatic N) is 2. The molecule has 0 spiro atoms. The van der Waals surface area contributed by atoms with Crippen molar-refractivity contribution in [3.05, 3.63) is 21.9 Å². The molecule has 1 saturated heterocycles. The summed E-state index contributed by atoms with van der Waals surface area (Å²) in [4.78, 5) is 23.0. The van der Waals surface area contributed by atoms with Crippen LogP contribution in [0, 0.1) is 6.92 Å². The van der Waals surface area contributed by atoms with Gasteiger partial charge in [-0.05, 0) is 23.9 Å². The molecule has 1 fully saturated rings. The number of hydrogen-bond acceptors (Lipinski definition) is 6. The Morgan fingerprint density at radius 1 is 1.63 bits per heavy atom. The molecule has 0 aromatic carbocycles. The second-order valence-electron chi connectivity index (χ2n) is 3.81. The van der Waals surface area contributed by atoms with E-state index in [4.69, 9.17) is 5.11 Å². The molecule has 1 atom stereocenters. The third-order valence-corrected chi connectivity index (χ3v) is 4.39. The zero-order chi connectivity index (χ0) is 13.8. The summed E-state index contributed by atoms with van der Waals surface area (Å²) in [5, 5.41) is 20.6. The highest BCUT2D eigenvalue weighted by Crippen LogP contribution is 2.22. The second-order valence-corrected chi connectivity index (χ2v) is 5.95. The van der Waals surface area contributed by atoms with Crippen molar-refractivity contribution in [3.8, 4) is 0 Å². The quantitative estimate of drug-likeness (QED) is 0.650. The number of amides is 1. The van der Waals surface area contributed by atoms with Crippen LogP contribution >= 0.6 is 23.1 Å². The molecule has 0 aliphatic carbocycles. The normalized spacial score (nSPS) is 21.2. The Morgan fingerprint density at radius 3 is 3.05 bits per heavy atom. The van der Waals surface area contributed by atoms with Crippen LogP contribution in [0.1, 0.15) is 16.9 Å². The molecular weight excluding hydrogens is 286 g/mol. The summed E-state index contributed by atoms with van der Waals surface area (Å²) in [6, 6.07) is 1.98. The van der Waals surface area contributed by atoms with Gasteiger partial charge in [-0.2, -0.15) is 5.10 Å². The number of thiophene rings is 1. The fourth-order valence-corrected chi connectivity index (χ4v) is 3.09. The molecule has 1 unspecified atom stereocenters. The molecule has 1 aliphatic heterocycles. The monoisotopic (exact) mass is 297 g/mol. The van der Waals surface area contributed by atoms with E-state index in [1.54, 1.807) is 17.6 Å². The highest BCUT2D eigenvalue weighted by Gasteiger charge is 2.32. The number of carbonyl (C=O) groups is 2. The summed E-state index contributed by atoms with van der Waals surface area (Å²) in [7, 11) is 0. The number of aryl methyl sites for hydroxylation is 1. The second kappa shape index (κ2) is 5.98. The minimum absolute atomic E-state index is 0.219. The summed E-state index contributed by atoms with van der Waals surface area (Å²) in [5.41, 5.74) is 1.11. The van der Waals surface area contributed by atoms with Gasteiger partial charge in [0.05, 0.1) is 17.5 Å². The standard InChI is InChI=1S/C11H11N3O3S2/c1-6-2-3-18-8(6)5-12-14-11-13-10(17)7(19-11)4-9(15)16/h2-3,5,7H,4H2,1H3,(H,15,16)(H,13,14,17). The van der Waals surface area contributed by atoms with Crippen LogP contribution < -0.4 is 5.32 Å². The number of aliphatic carboxylic acids is 1.